The number of para-hydroxylation sites is 1. The maximum absolute atomic E-state index is 12.4. The van der Waals surface area contributed by atoms with Gasteiger partial charge in [0.2, 0.25) is 10.2 Å². The molecule has 1 aromatic carbocycles. The Labute approximate surface area is 149 Å². The quantitative estimate of drug-likeness (QED) is 0.759. The highest BCUT2D eigenvalue weighted by Crippen LogP contribution is 2.27. The predicted octanol–water partition coefficient (Wildman–Crippen LogP) is 1.05. The first-order valence-corrected chi connectivity index (χ1v) is 9.21. The number of halogens is 3. The lowest BCUT2D eigenvalue weighted by Crippen LogP contribution is -2.50. The zero-order valence-corrected chi connectivity index (χ0v) is 14.5. The van der Waals surface area contributed by atoms with Crippen LogP contribution in [0.4, 0.5) is 13.2 Å². The third-order valence-corrected chi connectivity index (χ3v) is 6.29. The van der Waals surface area contributed by atoms with Gasteiger partial charge in [0, 0.05) is 13.1 Å². The molecule has 1 aliphatic rings. The monoisotopic (exact) mass is 411 g/mol. The van der Waals surface area contributed by atoms with Crippen molar-refractivity contribution in [1.29, 1.82) is 0 Å². The van der Waals surface area contributed by atoms with E-state index in [0.29, 0.717) is 12.1 Å². The van der Waals surface area contributed by atoms with Gasteiger partial charge in [0.25, 0.3) is 10.0 Å². The summed E-state index contributed by atoms with van der Waals surface area (Å²) in [4.78, 5) is 24.7. The van der Waals surface area contributed by atoms with Crippen LogP contribution in [0, 0.1) is 0 Å². The zero-order valence-electron chi connectivity index (χ0n) is 12.9. The van der Waals surface area contributed by atoms with Crippen LogP contribution in [0.3, 0.4) is 0 Å². The van der Waals surface area contributed by atoms with Gasteiger partial charge in [-0.1, -0.05) is 12.1 Å². The van der Waals surface area contributed by atoms with Crippen LogP contribution < -0.4 is 5.32 Å². The number of alkyl halides is 3. The number of aliphatic carboxylic acids is 1. The van der Waals surface area contributed by atoms with Crippen molar-refractivity contribution in [3.05, 3.63) is 24.3 Å². The molecule has 0 unspecified atom stereocenters. The van der Waals surface area contributed by atoms with Crippen LogP contribution in [-0.2, 0) is 19.6 Å². The van der Waals surface area contributed by atoms with Crippen LogP contribution in [0.25, 0.3) is 10.2 Å². The van der Waals surface area contributed by atoms with Crippen LogP contribution in [0.1, 0.15) is 0 Å². The van der Waals surface area contributed by atoms with E-state index < -0.39 is 28.1 Å². The molecule has 0 saturated carbocycles. The van der Waals surface area contributed by atoms with E-state index in [-0.39, 0.29) is 17.4 Å². The summed E-state index contributed by atoms with van der Waals surface area (Å²) >= 11 is 1.09. The lowest BCUT2D eigenvalue weighted by molar-refractivity contribution is -0.192. The number of amides is 1. The Balaban J connectivity index is 0.000000298. The molecule has 1 amide bonds. The number of aromatic nitrogens is 1. The summed E-state index contributed by atoms with van der Waals surface area (Å²) in [5, 5.41) is 9.97. The average Bonchev–Trinajstić information content (AvgIpc) is 2.99. The van der Waals surface area contributed by atoms with Gasteiger partial charge in [-0.2, -0.15) is 21.6 Å². The minimum absolute atomic E-state index is 0.0241. The number of carboxylic acids is 1. The molecule has 8 nitrogen and oxygen atoms in total. The van der Waals surface area contributed by atoms with Gasteiger partial charge in [-0.3, -0.25) is 4.79 Å². The highest BCUT2D eigenvalue weighted by atomic mass is 32.2. The van der Waals surface area contributed by atoms with E-state index in [9.17, 15) is 26.4 Å². The Morgan fingerprint density at radius 2 is 1.92 bits per heavy atom. The van der Waals surface area contributed by atoms with Crippen molar-refractivity contribution in [3.63, 3.8) is 0 Å². The second kappa shape index (κ2) is 7.55. The van der Waals surface area contributed by atoms with Crippen molar-refractivity contribution in [2.45, 2.75) is 10.5 Å². The van der Waals surface area contributed by atoms with Crippen LogP contribution in [0.15, 0.2) is 28.6 Å². The van der Waals surface area contributed by atoms with E-state index in [4.69, 9.17) is 9.90 Å². The summed E-state index contributed by atoms with van der Waals surface area (Å²) in [6.07, 6.45) is -5.08. The molecule has 26 heavy (non-hydrogen) atoms. The van der Waals surface area contributed by atoms with E-state index in [1.807, 2.05) is 12.1 Å². The number of hydrogen-bond donors (Lipinski definition) is 2. The number of carbonyl (C=O) groups is 2. The molecule has 142 valence electrons. The van der Waals surface area contributed by atoms with Crippen LogP contribution in [-0.4, -0.2) is 60.5 Å². The standard InChI is InChI=1S/C11H11N3O3S2.C2HF3O2/c15-10-7-12-5-6-14(10)19(16,17)11-13-8-3-1-2-4-9(8)18-11;3-2(4,5)1(6)7/h1-4,12H,5-7H2;(H,6,7). The minimum atomic E-state index is -5.08. The molecule has 0 radical (unpaired) electrons. The van der Waals surface area contributed by atoms with Crippen LogP contribution >= 0.6 is 11.3 Å². The van der Waals surface area contributed by atoms with Gasteiger partial charge in [0.05, 0.1) is 16.8 Å². The Morgan fingerprint density at radius 3 is 2.46 bits per heavy atom. The molecule has 3 rings (SSSR count). The predicted molar refractivity (Wildman–Crippen MR) is 85.1 cm³/mol. The molecule has 0 atom stereocenters. The molecule has 1 saturated heterocycles. The van der Waals surface area contributed by atoms with Gasteiger partial charge in [-0.25, -0.2) is 14.1 Å². The molecule has 2 aromatic rings. The van der Waals surface area contributed by atoms with Gasteiger partial charge >= 0.3 is 12.1 Å². The largest absolute Gasteiger partial charge is 0.490 e. The van der Waals surface area contributed by atoms with Crippen molar-refractivity contribution in [3.8, 4) is 0 Å². The fraction of sp³-hybridized carbons (Fsp3) is 0.308. The molecule has 2 heterocycles. The fourth-order valence-electron chi connectivity index (χ4n) is 1.90. The smallest absolute Gasteiger partial charge is 0.475 e. The molecule has 2 N–H and O–H groups in total. The lowest BCUT2D eigenvalue weighted by atomic mass is 10.3. The SMILES string of the molecule is O=C(O)C(F)(F)F.O=C1CNCCN1S(=O)(=O)c1nc2ccccc2s1. The summed E-state index contributed by atoms with van der Waals surface area (Å²) in [5.74, 6) is -3.20. The lowest BCUT2D eigenvalue weighted by Gasteiger charge is -2.25. The van der Waals surface area contributed by atoms with Crippen molar-refractivity contribution in [2.24, 2.45) is 0 Å². The Hall–Kier alpha value is -2.25. The molecule has 1 fully saturated rings. The van der Waals surface area contributed by atoms with Gasteiger partial charge in [0.15, 0.2) is 0 Å². The summed E-state index contributed by atoms with van der Waals surface area (Å²) in [7, 11) is -3.82. The van der Waals surface area contributed by atoms with Crippen molar-refractivity contribution in [2.75, 3.05) is 19.6 Å². The van der Waals surface area contributed by atoms with E-state index in [1.54, 1.807) is 12.1 Å². The highest BCUT2D eigenvalue weighted by Gasteiger charge is 2.38. The second-order valence-corrected chi connectivity index (χ2v) is 7.96. The number of sulfonamides is 1. The first kappa shape index (κ1) is 20.1. The van der Waals surface area contributed by atoms with Crippen molar-refractivity contribution >= 4 is 43.5 Å². The van der Waals surface area contributed by atoms with Gasteiger partial charge in [0.1, 0.15) is 0 Å². The summed E-state index contributed by atoms with van der Waals surface area (Å²) in [5.41, 5.74) is 0.633. The number of benzene rings is 1. The molecule has 1 aliphatic heterocycles. The number of nitrogens with one attached hydrogen (secondary N) is 1. The number of carboxylic acid groups (broad SMARTS) is 1. The van der Waals surface area contributed by atoms with E-state index in [2.05, 4.69) is 10.3 Å². The number of carbonyl (C=O) groups excluding carboxylic acids is 1. The van der Waals surface area contributed by atoms with Crippen LogP contribution in [0.5, 0.6) is 0 Å². The number of piperazine rings is 1. The Bertz CT molecular complexity index is 893. The third-order valence-electron chi connectivity index (χ3n) is 3.07. The number of nitrogens with zero attached hydrogens (tertiary/aromatic N) is 2. The maximum Gasteiger partial charge on any atom is 0.490 e. The molecule has 0 bridgehead atoms. The fourth-order valence-corrected chi connectivity index (χ4v) is 4.62. The molecular formula is C13H12F3N3O5S2. The third kappa shape index (κ3) is 4.47. The van der Waals surface area contributed by atoms with Gasteiger partial charge in [-0.15, -0.1) is 11.3 Å². The summed E-state index contributed by atoms with van der Waals surface area (Å²) in [6, 6.07) is 7.19. The number of fused-ring (bicyclic) bond motifs is 1. The first-order valence-electron chi connectivity index (χ1n) is 6.95. The second-order valence-electron chi connectivity index (χ2n) is 4.90. The summed E-state index contributed by atoms with van der Waals surface area (Å²) in [6.45, 7) is 0.664. The van der Waals surface area contributed by atoms with Crippen molar-refractivity contribution < 1.29 is 36.3 Å². The maximum atomic E-state index is 12.4. The van der Waals surface area contributed by atoms with E-state index >= 15 is 0 Å². The Kier molecular flexibility index (Phi) is 5.83. The minimum Gasteiger partial charge on any atom is -0.475 e. The van der Waals surface area contributed by atoms with Gasteiger partial charge < -0.3 is 10.4 Å². The van der Waals surface area contributed by atoms with E-state index in [0.717, 1.165) is 20.3 Å². The van der Waals surface area contributed by atoms with Crippen molar-refractivity contribution in [1.82, 2.24) is 14.6 Å². The molecule has 1 aromatic heterocycles. The molecule has 13 heteroatoms. The van der Waals surface area contributed by atoms with E-state index in [1.165, 1.54) is 0 Å². The number of thiazole rings is 1. The summed E-state index contributed by atoms with van der Waals surface area (Å²) < 4.78 is 58.2. The number of rotatable bonds is 2. The number of hydrogen-bond acceptors (Lipinski definition) is 7. The molecule has 0 aliphatic carbocycles. The Morgan fingerprint density at radius 1 is 1.31 bits per heavy atom. The zero-order chi connectivity index (χ0) is 19.5. The normalized spacial score (nSPS) is 15.5. The average molecular weight is 411 g/mol. The van der Waals surface area contributed by atoms with Gasteiger partial charge in [-0.05, 0) is 12.1 Å². The molecular weight excluding hydrogens is 399 g/mol. The van der Waals surface area contributed by atoms with Crippen LogP contribution in [0.2, 0.25) is 0 Å². The first-order chi connectivity index (χ1) is 12.0. The highest BCUT2D eigenvalue weighted by molar-refractivity contribution is 7.91. The topological polar surface area (TPSA) is 117 Å². The molecule has 0 spiro atoms.